The maximum absolute atomic E-state index is 13.0. The van der Waals surface area contributed by atoms with Gasteiger partial charge in [-0.15, -0.1) is 0 Å². The number of carbonyl (C=O) groups is 1. The number of hydrogen-bond acceptors (Lipinski definition) is 5. The van der Waals surface area contributed by atoms with E-state index in [9.17, 15) is 4.79 Å². The molecule has 4 aromatic rings. The fourth-order valence-corrected chi connectivity index (χ4v) is 5.13. The van der Waals surface area contributed by atoms with Gasteiger partial charge in [0.1, 0.15) is 23.1 Å². The Labute approximate surface area is 224 Å². The number of aromatic nitrogens is 4. The highest BCUT2D eigenvalue weighted by Gasteiger charge is 2.37. The van der Waals surface area contributed by atoms with E-state index in [1.54, 1.807) is 7.11 Å². The minimum atomic E-state index is -0.155. The minimum Gasteiger partial charge on any atom is -0.497 e. The monoisotopic (exact) mass is 515 g/mol. The zero-order valence-corrected chi connectivity index (χ0v) is 23.3. The lowest BCUT2D eigenvalue weighted by Gasteiger charge is -2.27. The average molecular weight is 516 g/mol. The Hall–Kier alpha value is -3.81. The van der Waals surface area contributed by atoms with Crippen LogP contribution in [-0.4, -0.2) is 50.0 Å². The molecule has 0 bridgehead atoms. The largest absolute Gasteiger partial charge is 0.497 e. The number of ether oxygens (including phenoxy) is 2. The molecule has 1 unspecified atom stereocenters. The second-order valence-electron chi connectivity index (χ2n) is 11.3. The van der Waals surface area contributed by atoms with Gasteiger partial charge in [0.2, 0.25) is 5.91 Å². The van der Waals surface area contributed by atoms with Crippen LogP contribution in [0.4, 0.5) is 0 Å². The van der Waals surface area contributed by atoms with E-state index >= 15 is 0 Å². The SMILES string of the molecule is COc1ccc([C@@H](C)N2CC([C@@H](C)Oc3cc(-c4cnn(C(C)(C)C)c4)cn4ncc(C)c34)CC2=O)cc1. The standard InChI is InChI=1S/C30H37N5O3/c1-19-14-31-34-17-24(25-15-32-35(18-25)30(4,5)6)12-27(29(19)34)38-21(3)23-13-28(36)33(16-23)20(2)22-8-10-26(37-7)11-9-22/h8-12,14-15,17-18,20-21,23H,13,16H2,1-7H3/t20-,21-,23?/m1/s1. The van der Waals surface area contributed by atoms with Crippen molar-refractivity contribution < 1.29 is 14.3 Å². The predicted octanol–water partition coefficient (Wildman–Crippen LogP) is 5.65. The first-order valence-electron chi connectivity index (χ1n) is 13.2. The topological polar surface area (TPSA) is 73.9 Å². The normalized spacial score (nSPS) is 17.7. The first-order valence-corrected chi connectivity index (χ1v) is 13.2. The van der Waals surface area contributed by atoms with Gasteiger partial charge < -0.3 is 14.4 Å². The molecule has 8 nitrogen and oxygen atoms in total. The summed E-state index contributed by atoms with van der Waals surface area (Å²) in [4.78, 5) is 15.0. The summed E-state index contributed by atoms with van der Waals surface area (Å²) in [7, 11) is 1.65. The number of methoxy groups -OCH3 is 1. The average Bonchev–Trinajstić information content (AvgIpc) is 3.62. The van der Waals surface area contributed by atoms with Crippen LogP contribution in [0.25, 0.3) is 16.6 Å². The lowest BCUT2D eigenvalue weighted by Crippen LogP contribution is -2.31. The summed E-state index contributed by atoms with van der Waals surface area (Å²) < 4.78 is 15.7. The number of benzene rings is 1. The number of amides is 1. The van der Waals surface area contributed by atoms with E-state index in [-0.39, 0.29) is 29.5 Å². The van der Waals surface area contributed by atoms with Gasteiger partial charge in [0.05, 0.1) is 31.1 Å². The van der Waals surface area contributed by atoms with Crippen molar-refractivity contribution >= 4 is 11.4 Å². The molecule has 38 heavy (non-hydrogen) atoms. The molecule has 0 N–H and O–H groups in total. The van der Waals surface area contributed by atoms with E-state index in [1.807, 2.05) is 63.9 Å². The highest BCUT2D eigenvalue weighted by atomic mass is 16.5. The summed E-state index contributed by atoms with van der Waals surface area (Å²) in [5.74, 6) is 1.81. The summed E-state index contributed by atoms with van der Waals surface area (Å²) >= 11 is 0. The van der Waals surface area contributed by atoms with E-state index in [1.165, 1.54) is 0 Å². The van der Waals surface area contributed by atoms with Crippen LogP contribution in [0.3, 0.4) is 0 Å². The Morgan fingerprint density at radius 3 is 2.42 bits per heavy atom. The van der Waals surface area contributed by atoms with E-state index in [4.69, 9.17) is 9.47 Å². The van der Waals surface area contributed by atoms with Gasteiger partial charge in [0.15, 0.2) is 0 Å². The molecule has 200 valence electrons. The molecule has 1 saturated heterocycles. The summed E-state index contributed by atoms with van der Waals surface area (Å²) in [5.41, 5.74) is 4.95. The molecule has 1 amide bonds. The number of hydrogen-bond donors (Lipinski definition) is 0. The molecule has 1 aliphatic rings. The molecule has 1 aromatic carbocycles. The van der Waals surface area contributed by atoms with E-state index < -0.39 is 0 Å². The van der Waals surface area contributed by atoms with Crippen molar-refractivity contribution in [3.8, 4) is 22.6 Å². The highest BCUT2D eigenvalue weighted by Crippen LogP contribution is 2.35. The Morgan fingerprint density at radius 2 is 1.76 bits per heavy atom. The van der Waals surface area contributed by atoms with Gasteiger partial charge in [-0.1, -0.05) is 12.1 Å². The minimum absolute atomic E-state index is 0.0166. The molecule has 3 atom stereocenters. The third-order valence-corrected chi connectivity index (χ3v) is 7.59. The molecule has 4 heterocycles. The lowest BCUT2D eigenvalue weighted by molar-refractivity contribution is -0.129. The van der Waals surface area contributed by atoms with Gasteiger partial charge >= 0.3 is 0 Å². The third kappa shape index (κ3) is 4.87. The van der Waals surface area contributed by atoms with Gasteiger partial charge in [0.25, 0.3) is 0 Å². The Morgan fingerprint density at radius 1 is 1.03 bits per heavy atom. The Balaban J connectivity index is 1.37. The maximum Gasteiger partial charge on any atom is 0.223 e. The zero-order chi connectivity index (χ0) is 27.2. The number of aryl methyl sites for hydroxylation is 1. The van der Waals surface area contributed by atoms with Crippen LogP contribution in [-0.2, 0) is 10.3 Å². The van der Waals surface area contributed by atoms with Gasteiger partial charge in [-0.05, 0) is 70.9 Å². The fraction of sp³-hybridized carbons (Fsp3) is 0.433. The summed E-state index contributed by atoms with van der Waals surface area (Å²) in [5, 5.41) is 9.12. The molecule has 0 spiro atoms. The molecule has 1 fully saturated rings. The second kappa shape index (κ2) is 9.82. The molecular formula is C30H37N5O3. The molecule has 3 aromatic heterocycles. The van der Waals surface area contributed by atoms with Gasteiger partial charge in [0, 0.05) is 42.4 Å². The number of likely N-dealkylation sites (tertiary alicyclic amines) is 1. The van der Waals surface area contributed by atoms with Crippen LogP contribution in [0.15, 0.2) is 55.1 Å². The fourth-order valence-electron chi connectivity index (χ4n) is 5.13. The summed E-state index contributed by atoms with van der Waals surface area (Å²) in [6.45, 7) is 13.2. The first-order chi connectivity index (χ1) is 18.0. The van der Waals surface area contributed by atoms with Crippen LogP contribution >= 0.6 is 0 Å². The van der Waals surface area contributed by atoms with Gasteiger partial charge in [-0.3, -0.25) is 9.48 Å². The lowest BCUT2D eigenvalue weighted by atomic mass is 10.0. The van der Waals surface area contributed by atoms with Crippen LogP contribution in [0.5, 0.6) is 11.5 Å². The highest BCUT2D eigenvalue weighted by molar-refractivity contribution is 5.79. The van der Waals surface area contributed by atoms with Crippen molar-refractivity contribution in [2.75, 3.05) is 13.7 Å². The van der Waals surface area contributed by atoms with Gasteiger partial charge in [-0.25, -0.2) is 4.52 Å². The van der Waals surface area contributed by atoms with E-state index in [0.717, 1.165) is 39.3 Å². The number of rotatable bonds is 7. The summed E-state index contributed by atoms with van der Waals surface area (Å²) in [6.07, 6.45) is 8.11. The summed E-state index contributed by atoms with van der Waals surface area (Å²) in [6, 6.07) is 9.98. The van der Waals surface area contributed by atoms with Crippen LogP contribution in [0, 0.1) is 12.8 Å². The molecule has 0 aliphatic carbocycles. The van der Waals surface area contributed by atoms with E-state index in [0.29, 0.717) is 13.0 Å². The molecule has 8 heteroatoms. The van der Waals surface area contributed by atoms with Crippen molar-refractivity contribution in [2.24, 2.45) is 5.92 Å². The molecular weight excluding hydrogens is 478 g/mol. The number of carbonyl (C=O) groups excluding carboxylic acids is 1. The van der Waals surface area contributed by atoms with Crippen molar-refractivity contribution in [1.29, 1.82) is 0 Å². The van der Waals surface area contributed by atoms with Crippen molar-refractivity contribution in [2.45, 2.75) is 65.6 Å². The Bertz CT molecular complexity index is 1450. The van der Waals surface area contributed by atoms with Crippen LogP contribution in [0.2, 0.25) is 0 Å². The number of fused-ring (bicyclic) bond motifs is 1. The zero-order valence-electron chi connectivity index (χ0n) is 23.3. The smallest absolute Gasteiger partial charge is 0.223 e. The quantitative estimate of drug-likeness (QED) is 0.318. The van der Waals surface area contributed by atoms with Crippen molar-refractivity contribution in [3.05, 3.63) is 66.2 Å². The third-order valence-electron chi connectivity index (χ3n) is 7.59. The number of nitrogens with zero attached hydrogens (tertiary/aromatic N) is 5. The van der Waals surface area contributed by atoms with Crippen molar-refractivity contribution in [1.82, 2.24) is 24.3 Å². The second-order valence-corrected chi connectivity index (χ2v) is 11.3. The molecule has 0 saturated carbocycles. The van der Waals surface area contributed by atoms with Crippen LogP contribution < -0.4 is 9.47 Å². The Kier molecular flexibility index (Phi) is 6.67. The predicted molar refractivity (Wildman–Crippen MR) is 147 cm³/mol. The van der Waals surface area contributed by atoms with Crippen molar-refractivity contribution in [3.63, 3.8) is 0 Å². The number of pyridine rings is 1. The maximum atomic E-state index is 13.0. The van der Waals surface area contributed by atoms with Gasteiger partial charge in [-0.2, -0.15) is 10.2 Å². The molecule has 5 rings (SSSR count). The first kappa shape index (κ1) is 25.8. The molecule has 1 aliphatic heterocycles. The van der Waals surface area contributed by atoms with Crippen LogP contribution in [0.1, 0.15) is 58.2 Å². The van der Waals surface area contributed by atoms with E-state index in [2.05, 4.69) is 57.1 Å². The molecule has 0 radical (unpaired) electrons.